The van der Waals surface area contributed by atoms with Gasteiger partial charge in [-0.2, -0.15) is 30.3 Å². The molecule has 0 spiro atoms. The number of rotatable bonds is 3. The van der Waals surface area contributed by atoms with Gasteiger partial charge in [-0.1, -0.05) is 24.3 Å². The van der Waals surface area contributed by atoms with Gasteiger partial charge in [0.05, 0.1) is 21.9 Å². The number of hydrogen-bond donors (Lipinski definition) is 2. The Kier molecular flexibility index (Phi) is 7.25. The van der Waals surface area contributed by atoms with Crippen molar-refractivity contribution in [2.24, 2.45) is 0 Å². The van der Waals surface area contributed by atoms with Gasteiger partial charge in [0.1, 0.15) is 22.7 Å². The maximum atomic E-state index is 12.9. The maximum absolute atomic E-state index is 12.9. The molecule has 0 amide bonds. The van der Waals surface area contributed by atoms with Crippen molar-refractivity contribution in [2.45, 2.75) is 5.92 Å². The van der Waals surface area contributed by atoms with Crippen LogP contribution in [0.5, 0.6) is 11.5 Å². The first-order valence-electron chi connectivity index (χ1n) is 10.9. The third kappa shape index (κ3) is 4.50. The summed E-state index contributed by atoms with van der Waals surface area (Å²) in [5.41, 5.74) is -0.908. The topological polar surface area (TPSA) is 101 Å². The maximum Gasteiger partial charge on any atom is 2.00 e. The molecular weight excluding hydrogens is 500 g/mol. The van der Waals surface area contributed by atoms with Gasteiger partial charge in [0.25, 0.3) is 0 Å². The molecule has 0 saturated heterocycles. The molecule has 0 aliphatic heterocycles. The van der Waals surface area contributed by atoms with Crippen LogP contribution in [0.2, 0.25) is 0 Å². The molecule has 0 atom stereocenters. The van der Waals surface area contributed by atoms with Crippen LogP contribution in [0.3, 0.4) is 0 Å². The molecule has 0 saturated carbocycles. The molecule has 6 nitrogen and oxygen atoms in total. The Balaban J connectivity index is 0.000000455. The molecule has 4 aromatic carbocycles. The second kappa shape index (κ2) is 10.5. The zero-order valence-corrected chi connectivity index (χ0v) is 19.9. The van der Waals surface area contributed by atoms with Crippen LogP contribution >= 0.6 is 0 Å². The molecule has 0 unspecified atom stereocenters. The van der Waals surface area contributed by atoms with E-state index in [-0.39, 0.29) is 50.9 Å². The van der Waals surface area contributed by atoms with Crippen molar-refractivity contribution in [3.63, 3.8) is 0 Å². The number of fused-ring (bicyclic) bond motifs is 2. The summed E-state index contributed by atoms with van der Waals surface area (Å²) in [7, 11) is 0. The van der Waals surface area contributed by atoms with E-state index in [9.17, 15) is 19.8 Å². The molecule has 36 heavy (non-hydrogen) atoms. The number of para-hydroxylation sites is 2. The van der Waals surface area contributed by atoms with Crippen LogP contribution in [0.15, 0.2) is 122 Å². The summed E-state index contributed by atoms with van der Waals surface area (Å²) in [6.07, 6.45) is 0. The van der Waals surface area contributed by atoms with Gasteiger partial charge in [-0.3, -0.25) is 0 Å². The molecule has 0 radical (unpaired) electrons. The van der Waals surface area contributed by atoms with Crippen LogP contribution in [-0.2, 0) is 17.1 Å². The average Bonchev–Trinajstić information content (AvgIpc) is 3.60. The van der Waals surface area contributed by atoms with Crippen molar-refractivity contribution in [1.82, 2.24) is 0 Å². The fraction of sp³-hybridized carbons (Fsp3) is 0.0345. The minimum Gasteiger partial charge on any atom is -0.507 e. The second-order valence-electron chi connectivity index (χ2n) is 7.91. The Morgan fingerprint density at radius 1 is 0.667 bits per heavy atom. The summed E-state index contributed by atoms with van der Waals surface area (Å²) in [5.74, 6) is -1.69. The van der Waals surface area contributed by atoms with Gasteiger partial charge >= 0.3 is 28.3 Å². The monoisotopic (exact) mass is 520 g/mol. The summed E-state index contributed by atoms with van der Waals surface area (Å²) in [6.45, 7) is 0. The summed E-state index contributed by atoms with van der Waals surface area (Å²) in [5, 5.41) is 22.6. The van der Waals surface area contributed by atoms with Gasteiger partial charge in [-0.05, 0) is 24.3 Å². The summed E-state index contributed by atoms with van der Waals surface area (Å²) >= 11 is 0. The van der Waals surface area contributed by atoms with E-state index in [0.717, 1.165) is 0 Å². The zero-order chi connectivity index (χ0) is 24.4. The van der Waals surface area contributed by atoms with Gasteiger partial charge in [-0.25, -0.2) is 33.9 Å². The third-order valence-electron chi connectivity index (χ3n) is 5.79. The first-order valence-corrected chi connectivity index (χ1v) is 10.9. The Morgan fingerprint density at radius 2 is 1.11 bits per heavy atom. The quantitative estimate of drug-likeness (QED) is 0.179. The van der Waals surface area contributed by atoms with E-state index < -0.39 is 17.2 Å². The second-order valence-corrected chi connectivity index (χ2v) is 7.91. The molecule has 2 N–H and O–H groups in total. The molecule has 2 aromatic heterocycles. The molecule has 0 bridgehead atoms. The Morgan fingerprint density at radius 3 is 1.53 bits per heavy atom. The zero-order valence-electron chi connectivity index (χ0n) is 18.8. The van der Waals surface area contributed by atoms with Crippen LogP contribution in [0.25, 0.3) is 21.9 Å². The van der Waals surface area contributed by atoms with Crippen molar-refractivity contribution in [3.05, 3.63) is 141 Å². The SMILES string of the molecule is O=c1oc2ccccc2c(O)c1C(c1c(O)c2ccccc2oc1=O)[c-]1cccc1.[Fe+2].c1cc[cH-]c1. The predicted molar refractivity (Wildman–Crippen MR) is 133 cm³/mol. The van der Waals surface area contributed by atoms with Crippen molar-refractivity contribution in [2.75, 3.05) is 0 Å². The predicted octanol–water partition coefficient (Wildman–Crippen LogP) is 5.61. The molecule has 0 aliphatic rings. The van der Waals surface area contributed by atoms with E-state index in [0.29, 0.717) is 16.3 Å². The van der Waals surface area contributed by atoms with Crippen molar-refractivity contribution in [1.29, 1.82) is 0 Å². The largest absolute Gasteiger partial charge is 2.00 e. The molecular formula is C29H20FeO6. The van der Waals surface area contributed by atoms with Crippen molar-refractivity contribution < 1.29 is 36.1 Å². The summed E-state index contributed by atoms with van der Waals surface area (Å²) in [6, 6.07) is 30.0. The third-order valence-corrected chi connectivity index (χ3v) is 5.79. The van der Waals surface area contributed by atoms with Crippen LogP contribution in [0.1, 0.15) is 22.6 Å². The Labute approximate surface area is 215 Å². The fourth-order valence-electron chi connectivity index (χ4n) is 4.18. The standard InChI is InChI=1S/C24H15O6.C5H5.Fe/c25-21-14-9-3-5-11-16(14)29-23(27)19(21)18(13-7-1-2-8-13)20-22(26)15-10-4-6-12-17(15)30-24(20)28;1-2-4-5-3-1;/h1-12,18,25-26H;1-5H;/q2*-1;+2. The van der Waals surface area contributed by atoms with E-state index in [1.54, 1.807) is 72.8 Å². The summed E-state index contributed by atoms with van der Waals surface area (Å²) in [4.78, 5) is 25.8. The number of aromatic hydroxyl groups is 2. The minimum absolute atomic E-state index is 0. The van der Waals surface area contributed by atoms with Gasteiger partial charge in [0, 0.05) is 5.92 Å². The van der Waals surface area contributed by atoms with E-state index in [1.165, 1.54) is 0 Å². The smallest absolute Gasteiger partial charge is 0.507 e. The normalized spacial score (nSPS) is 10.7. The molecule has 6 rings (SSSR count). The van der Waals surface area contributed by atoms with Gasteiger partial charge < -0.3 is 19.0 Å². The van der Waals surface area contributed by atoms with Gasteiger partial charge in [0.2, 0.25) is 0 Å². The van der Waals surface area contributed by atoms with Crippen LogP contribution < -0.4 is 11.3 Å². The van der Waals surface area contributed by atoms with E-state index >= 15 is 0 Å². The van der Waals surface area contributed by atoms with Crippen molar-refractivity contribution >= 4 is 21.9 Å². The average molecular weight is 520 g/mol. The van der Waals surface area contributed by atoms with Gasteiger partial charge in [-0.15, -0.1) is 5.56 Å². The molecule has 180 valence electrons. The van der Waals surface area contributed by atoms with Crippen molar-refractivity contribution in [3.8, 4) is 11.5 Å². The first-order chi connectivity index (χ1) is 17.1. The molecule has 0 aliphatic carbocycles. The number of hydrogen-bond acceptors (Lipinski definition) is 6. The van der Waals surface area contributed by atoms with Crippen LogP contribution in [0, 0.1) is 0 Å². The molecule has 6 aromatic rings. The number of benzene rings is 2. The molecule has 2 heterocycles. The fourth-order valence-corrected chi connectivity index (χ4v) is 4.18. The molecule has 7 heteroatoms. The van der Waals surface area contributed by atoms with Gasteiger partial charge in [0.15, 0.2) is 0 Å². The molecule has 0 fully saturated rings. The Hall–Kier alpha value is -4.32. The van der Waals surface area contributed by atoms with Crippen LogP contribution in [-0.4, -0.2) is 10.2 Å². The minimum atomic E-state index is -1.08. The Bertz CT molecular complexity index is 1590. The van der Waals surface area contributed by atoms with E-state index in [4.69, 9.17) is 8.83 Å². The first kappa shape index (κ1) is 24.8. The summed E-state index contributed by atoms with van der Waals surface area (Å²) < 4.78 is 10.8. The van der Waals surface area contributed by atoms with E-state index in [2.05, 4.69) is 0 Å². The van der Waals surface area contributed by atoms with Crippen LogP contribution in [0.4, 0.5) is 0 Å². The van der Waals surface area contributed by atoms with E-state index in [1.807, 2.05) is 30.3 Å².